The van der Waals surface area contributed by atoms with Crippen molar-refractivity contribution in [2.75, 3.05) is 6.54 Å². The van der Waals surface area contributed by atoms with Crippen LogP contribution in [0.3, 0.4) is 0 Å². The molecule has 1 aromatic rings. The molecular weight excluding hydrogens is 196 g/mol. The lowest BCUT2D eigenvalue weighted by Crippen LogP contribution is -2.37. The molecule has 1 aliphatic rings. The maximum absolute atomic E-state index is 6.04. The fourth-order valence-electron chi connectivity index (χ4n) is 2.56. The molecule has 1 aliphatic heterocycles. The Hall–Kier alpha value is -0.860. The summed E-state index contributed by atoms with van der Waals surface area (Å²) in [4.78, 5) is 2.49. The zero-order valence-electron chi connectivity index (χ0n) is 10.5. The van der Waals surface area contributed by atoms with Crippen molar-refractivity contribution in [1.29, 1.82) is 0 Å². The van der Waals surface area contributed by atoms with Crippen LogP contribution in [0.5, 0.6) is 0 Å². The molecule has 0 radical (unpaired) electrons. The molecule has 2 N–H and O–H groups in total. The van der Waals surface area contributed by atoms with Gasteiger partial charge in [0.05, 0.1) is 0 Å². The van der Waals surface area contributed by atoms with Gasteiger partial charge in [0.15, 0.2) is 0 Å². The number of nitrogens with zero attached hydrogens (tertiary/aromatic N) is 1. The summed E-state index contributed by atoms with van der Waals surface area (Å²) in [5, 5.41) is 0. The molecule has 1 heterocycles. The van der Waals surface area contributed by atoms with Crippen molar-refractivity contribution >= 4 is 0 Å². The number of nitrogens with two attached hydrogens (primary N) is 1. The fourth-order valence-corrected chi connectivity index (χ4v) is 2.56. The van der Waals surface area contributed by atoms with Crippen LogP contribution >= 0.6 is 0 Å². The molecule has 1 aromatic carbocycles. The number of aryl methyl sites for hydroxylation is 1. The first-order chi connectivity index (χ1) is 7.47. The lowest BCUT2D eigenvalue weighted by Gasteiger charge is -2.31. The summed E-state index contributed by atoms with van der Waals surface area (Å²) < 4.78 is 0. The predicted molar refractivity (Wildman–Crippen MR) is 68.3 cm³/mol. The Kier molecular flexibility index (Phi) is 3.04. The first-order valence-electron chi connectivity index (χ1n) is 6.03. The Morgan fingerprint density at radius 2 is 1.94 bits per heavy atom. The molecule has 0 amide bonds. The van der Waals surface area contributed by atoms with E-state index in [1.807, 2.05) is 0 Å². The highest BCUT2D eigenvalue weighted by Gasteiger charge is 2.36. The van der Waals surface area contributed by atoms with E-state index < -0.39 is 0 Å². The minimum Gasteiger partial charge on any atom is -0.326 e. The summed E-state index contributed by atoms with van der Waals surface area (Å²) >= 11 is 0. The first-order valence-corrected chi connectivity index (χ1v) is 6.03. The Morgan fingerprint density at radius 3 is 2.44 bits per heavy atom. The van der Waals surface area contributed by atoms with Gasteiger partial charge in [0, 0.05) is 24.7 Å². The van der Waals surface area contributed by atoms with Crippen LogP contribution in [0.15, 0.2) is 24.3 Å². The van der Waals surface area contributed by atoms with Crippen molar-refractivity contribution in [2.45, 2.75) is 45.3 Å². The van der Waals surface area contributed by atoms with E-state index in [4.69, 9.17) is 5.73 Å². The Labute approximate surface area is 98.4 Å². The van der Waals surface area contributed by atoms with Crippen LogP contribution in [0.2, 0.25) is 0 Å². The van der Waals surface area contributed by atoms with Gasteiger partial charge in [0.1, 0.15) is 0 Å². The lowest BCUT2D eigenvalue weighted by atomic mass is 10.00. The highest BCUT2D eigenvalue weighted by Crippen LogP contribution is 2.29. The first kappa shape index (κ1) is 11.6. The molecule has 2 heteroatoms. The molecule has 88 valence electrons. The molecule has 1 saturated heterocycles. The third-order valence-corrected chi connectivity index (χ3v) is 3.57. The van der Waals surface area contributed by atoms with Gasteiger partial charge in [-0.2, -0.15) is 0 Å². The topological polar surface area (TPSA) is 29.3 Å². The van der Waals surface area contributed by atoms with Crippen molar-refractivity contribution in [1.82, 2.24) is 4.90 Å². The van der Waals surface area contributed by atoms with Crippen molar-refractivity contribution < 1.29 is 0 Å². The standard InChI is InChI=1S/C14H22N2/c1-11-4-6-12(7-5-11)9-16-10-13(15)8-14(16,2)3/h4-7,13H,8-10,15H2,1-3H3. The minimum absolute atomic E-state index is 0.240. The molecule has 2 nitrogen and oxygen atoms in total. The minimum atomic E-state index is 0.240. The Morgan fingerprint density at radius 1 is 1.31 bits per heavy atom. The molecule has 1 unspecified atom stereocenters. The van der Waals surface area contributed by atoms with Crippen molar-refractivity contribution in [3.05, 3.63) is 35.4 Å². The molecular formula is C14H22N2. The maximum Gasteiger partial charge on any atom is 0.0239 e. The summed E-state index contributed by atoms with van der Waals surface area (Å²) in [7, 11) is 0. The second-order valence-electron chi connectivity index (χ2n) is 5.64. The second kappa shape index (κ2) is 4.19. The van der Waals surface area contributed by atoms with Crippen LogP contribution in [0.4, 0.5) is 0 Å². The predicted octanol–water partition coefficient (Wildman–Crippen LogP) is 2.31. The molecule has 1 atom stereocenters. The zero-order chi connectivity index (χ0) is 11.8. The van der Waals surface area contributed by atoms with Crippen LogP contribution < -0.4 is 5.73 Å². The van der Waals surface area contributed by atoms with E-state index in [2.05, 4.69) is 49.9 Å². The molecule has 1 fully saturated rings. The van der Waals surface area contributed by atoms with E-state index in [1.54, 1.807) is 0 Å². The lowest BCUT2D eigenvalue weighted by molar-refractivity contribution is 0.166. The average molecular weight is 218 g/mol. The van der Waals surface area contributed by atoms with Gasteiger partial charge < -0.3 is 5.73 Å². The van der Waals surface area contributed by atoms with E-state index in [0.29, 0.717) is 6.04 Å². The number of hydrogen-bond acceptors (Lipinski definition) is 2. The third-order valence-electron chi connectivity index (χ3n) is 3.57. The fraction of sp³-hybridized carbons (Fsp3) is 0.571. The van der Waals surface area contributed by atoms with E-state index in [9.17, 15) is 0 Å². The normalized spacial score (nSPS) is 24.9. The maximum atomic E-state index is 6.04. The summed E-state index contributed by atoms with van der Waals surface area (Å²) in [6.07, 6.45) is 1.10. The Balaban J connectivity index is 2.07. The van der Waals surface area contributed by atoms with E-state index in [-0.39, 0.29) is 5.54 Å². The van der Waals surface area contributed by atoms with Crippen LogP contribution in [-0.4, -0.2) is 23.0 Å². The smallest absolute Gasteiger partial charge is 0.0239 e. The summed E-state index contributed by atoms with van der Waals surface area (Å²) in [6.45, 7) is 8.73. The van der Waals surface area contributed by atoms with E-state index in [1.165, 1.54) is 11.1 Å². The third kappa shape index (κ3) is 2.45. The van der Waals surface area contributed by atoms with Crippen molar-refractivity contribution in [3.63, 3.8) is 0 Å². The quantitative estimate of drug-likeness (QED) is 0.825. The van der Waals surface area contributed by atoms with Crippen LogP contribution in [0.1, 0.15) is 31.4 Å². The van der Waals surface area contributed by atoms with Gasteiger partial charge in [-0.25, -0.2) is 0 Å². The largest absolute Gasteiger partial charge is 0.326 e. The molecule has 0 aromatic heterocycles. The van der Waals surface area contributed by atoms with Crippen LogP contribution in [-0.2, 0) is 6.54 Å². The monoisotopic (exact) mass is 218 g/mol. The summed E-state index contributed by atoms with van der Waals surface area (Å²) in [5.74, 6) is 0. The van der Waals surface area contributed by atoms with Crippen molar-refractivity contribution in [3.8, 4) is 0 Å². The van der Waals surface area contributed by atoms with Gasteiger partial charge in [-0.3, -0.25) is 4.90 Å². The molecule has 16 heavy (non-hydrogen) atoms. The number of rotatable bonds is 2. The molecule has 0 spiro atoms. The Bertz CT molecular complexity index is 354. The molecule has 0 saturated carbocycles. The number of hydrogen-bond donors (Lipinski definition) is 1. The molecule has 0 aliphatic carbocycles. The summed E-state index contributed by atoms with van der Waals surface area (Å²) in [6, 6.07) is 9.13. The van der Waals surface area contributed by atoms with E-state index in [0.717, 1.165) is 19.5 Å². The van der Waals surface area contributed by atoms with E-state index >= 15 is 0 Å². The molecule has 2 rings (SSSR count). The highest BCUT2D eigenvalue weighted by atomic mass is 15.2. The number of likely N-dealkylation sites (tertiary alicyclic amines) is 1. The van der Waals surface area contributed by atoms with Gasteiger partial charge >= 0.3 is 0 Å². The van der Waals surface area contributed by atoms with Crippen molar-refractivity contribution in [2.24, 2.45) is 5.73 Å². The van der Waals surface area contributed by atoms with Gasteiger partial charge in [0.2, 0.25) is 0 Å². The summed E-state index contributed by atoms with van der Waals surface area (Å²) in [5.41, 5.74) is 8.98. The van der Waals surface area contributed by atoms with Gasteiger partial charge in [-0.05, 0) is 32.8 Å². The highest BCUT2D eigenvalue weighted by molar-refractivity contribution is 5.21. The van der Waals surface area contributed by atoms with Gasteiger partial charge in [-0.15, -0.1) is 0 Å². The second-order valence-corrected chi connectivity index (χ2v) is 5.64. The average Bonchev–Trinajstić information content (AvgIpc) is 2.43. The molecule has 0 bridgehead atoms. The number of benzene rings is 1. The zero-order valence-corrected chi connectivity index (χ0v) is 10.5. The van der Waals surface area contributed by atoms with Gasteiger partial charge in [0.25, 0.3) is 0 Å². The SMILES string of the molecule is Cc1ccc(CN2CC(N)CC2(C)C)cc1. The van der Waals surface area contributed by atoms with Crippen LogP contribution in [0, 0.1) is 6.92 Å². The van der Waals surface area contributed by atoms with Crippen LogP contribution in [0.25, 0.3) is 0 Å². The van der Waals surface area contributed by atoms with Gasteiger partial charge in [-0.1, -0.05) is 29.8 Å².